The van der Waals surface area contributed by atoms with E-state index in [0.29, 0.717) is 22.3 Å². The fourth-order valence-corrected chi connectivity index (χ4v) is 4.55. The number of anilines is 1. The molecule has 0 aliphatic carbocycles. The number of rotatable bonds is 7. The molecule has 4 rings (SSSR count). The Kier molecular flexibility index (Phi) is 7.13. The maximum Gasteiger partial charge on any atom is 0.342 e. The van der Waals surface area contributed by atoms with E-state index in [2.05, 4.69) is 21.7 Å². The number of para-hydroxylation sites is 1. The summed E-state index contributed by atoms with van der Waals surface area (Å²) in [5, 5.41) is 11.6. The van der Waals surface area contributed by atoms with Crippen molar-refractivity contribution in [2.75, 3.05) is 11.5 Å². The highest BCUT2D eigenvalue weighted by Crippen LogP contribution is 2.45. The third-order valence-corrected chi connectivity index (χ3v) is 6.26. The minimum Gasteiger partial charge on any atom is -0.462 e. The van der Waals surface area contributed by atoms with Crippen molar-refractivity contribution in [2.24, 2.45) is 0 Å². The van der Waals surface area contributed by atoms with Crippen molar-refractivity contribution in [3.63, 3.8) is 0 Å². The minimum atomic E-state index is -1.97. The molecular formula is C28H24BrNO4. The van der Waals surface area contributed by atoms with Crippen LogP contribution in [0.1, 0.15) is 23.6 Å². The van der Waals surface area contributed by atoms with Crippen LogP contribution in [0.4, 0.5) is 5.69 Å². The van der Waals surface area contributed by atoms with Gasteiger partial charge in [0.25, 0.3) is 5.91 Å². The average molecular weight is 518 g/mol. The lowest BCUT2D eigenvalue weighted by Crippen LogP contribution is -2.38. The lowest BCUT2D eigenvalue weighted by molar-refractivity contribution is -0.138. The zero-order chi connectivity index (χ0) is 24.1. The fraction of sp³-hybridized carbons (Fsp3) is 0.179. The van der Waals surface area contributed by atoms with E-state index in [1.165, 1.54) is 6.08 Å². The van der Waals surface area contributed by atoms with Gasteiger partial charge in [0.2, 0.25) is 0 Å². The molecule has 0 bridgehead atoms. The van der Waals surface area contributed by atoms with E-state index in [0.717, 1.165) is 11.1 Å². The van der Waals surface area contributed by atoms with E-state index in [1.807, 2.05) is 66.7 Å². The van der Waals surface area contributed by atoms with Gasteiger partial charge in [0.1, 0.15) is 0 Å². The smallest absolute Gasteiger partial charge is 0.342 e. The molecule has 0 spiro atoms. The number of benzene rings is 3. The Labute approximate surface area is 207 Å². The van der Waals surface area contributed by atoms with Gasteiger partial charge in [-0.25, -0.2) is 4.79 Å². The van der Waals surface area contributed by atoms with Gasteiger partial charge < -0.3 is 14.7 Å². The molecule has 5 nitrogen and oxygen atoms in total. The van der Waals surface area contributed by atoms with E-state index in [1.54, 1.807) is 24.0 Å². The molecule has 1 unspecified atom stereocenters. The Morgan fingerprint density at radius 3 is 2.32 bits per heavy atom. The van der Waals surface area contributed by atoms with Crippen LogP contribution in [0.15, 0.2) is 101 Å². The molecule has 3 aromatic carbocycles. The molecule has 6 heteroatoms. The molecule has 172 valence electrons. The summed E-state index contributed by atoms with van der Waals surface area (Å²) in [6.07, 6.45) is 1.54. The molecule has 1 atom stereocenters. The van der Waals surface area contributed by atoms with Gasteiger partial charge in [-0.15, -0.1) is 5.73 Å². The van der Waals surface area contributed by atoms with Crippen LogP contribution in [0.5, 0.6) is 0 Å². The van der Waals surface area contributed by atoms with E-state index < -0.39 is 17.5 Å². The second-order valence-corrected chi connectivity index (χ2v) is 8.78. The van der Waals surface area contributed by atoms with Gasteiger partial charge in [-0.05, 0) is 40.0 Å². The van der Waals surface area contributed by atoms with Crippen molar-refractivity contribution in [3.8, 4) is 0 Å². The van der Waals surface area contributed by atoms with Gasteiger partial charge in [-0.3, -0.25) is 4.79 Å². The molecule has 1 heterocycles. The average Bonchev–Trinajstić information content (AvgIpc) is 3.06. The first kappa shape index (κ1) is 23.7. The molecule has 0 aromatic heterocycles. The van der Waals surface area contributed by atoms with Crippen LogP contribution in [-0.4, -0.2) is 23.6 Å². The molecule has 1 N–H and O–H groups in total. The van der Waals surface area contributed by atoms with Gasteiger partial charge in [-0.2, -0.15) is 0 Å². The number of aliphatic hydroxyl groups is 1. The molecule has 0 fully saturated rings. The number of hydrogen-bond donors (Lipinski definition) is 1. The molecule has 0 saturated carbocycles. The molecule has 1 amide bonds. The number of hydrogen-bond acceptors (Lipinski definition) is 4. The summed E-state index contributed by atoms with van der Waals surface area (Å²) in [5.74, 6) is -1.04. The van der Waals surface area contributed by atoms with Crippen LogP contribution < -0.4 is 4.90 Å². The van der Waals surface area contributed by atoms with Crippen molar-refractivity contribution in [3.05, 3.63) is 117 Å². The monoisotopic (exact) mass is 517 g/mol. The summed E-state index contributed by atoms with van der Waals surface area (Å²) in [7, 11) is 0. The quantitative estimate of drug-likeness (QED) is 0.270. The van der Waals surface area contributed by atoms with Crippen molar-refractivity contribution in [1.29, 1.82) is 0 Å². The van der Waals surface area contributed by atoms with Crippen molar-refractivity contribution < 1.29 is 19.4 Å². The third-order valence-electron chi connectivity index (χ3n) is 5.62. The van der Waals surface area contributed by atoms with Gasteiger partial charge >= 0.3 is 5.97 Å². The largest absolute Gasteiger partial charge is 0.462 e. The Hall–Kier alpha value is -3.44. The summed E-state index contributed by atoms with van der Waals surface area (Å²) in [5.41, 5.74) is 4.02. The van der Waals surface area contributed by atoms with E-state index in [-0.39, 0.29) is 18.6 Å². The maximum atomic E-state index is 13.6. The second kappa shape index (κ2) is 10.2. The lowest BCUT2D eigenvalue weighted by atomic mass is 9.94. The third kappa shape index (κ3) is 4.75. The number of carbonyl (C=O) groups excluding carboxylic acids is 2. The number of amides is 1. The number of halogens is 1. The first-order valence-electron chi connectivity index (χ1n) is 11.0. The summed E-state index contributed by atoms with van der Waals surface area (Å²) in [6, 6.07) is 24.3. The summed E-state index contributed by atoms with van der Waals surface area (Å²) < 4.78 is 5.89. The maximum absolute atomic E-state index is 13.6. The van der Waals surface area contributed by atoms with E-state index in [9.17, 15) is 14.7 Å². The molecule has 34 heavy (non-hydrogen) atoms. The predicted octanol–water partition coefficient (Wildman–Crippen LogP) is 5.07. The molecule has 0 radical (unpaired) electrons. The lowest BCUT2D eigenvalue weighted by Gasteiger charge is -2.20. The first-order valence-corrected chi connectivity index (χ1v) is 11.8. The van der Waals surface area contributed by atoms with Crippen molar-refractivity contribution in [1.82, 2.24) is 0 Å². The van der Waals surface area contributed by atoms with Crippen LogP contribution in [-0.2, 0) is 32.9 Å². The van der Waals surface area contributed by atoms with Crippen molar-refractivity contribution in [2.45, 2.75) is 25.5 Å². The number of esters is 1. The molecule has 3 aromatic rings. The highest BCUT2D eigenvalue weighted by atomic mass is 79.9. The first-order chi connectivity index (χ1) is 16.4. The number of ether oxygens (including phenoxy) is 1. The van der Waals surface area contributed by atoms with Crippen LogP contribution >= 0.6 is 15.9 Å². The Bertz CT molecular complexity index is 1270. The van der Waals surface area contributed by atoms with Crippen LogP contribution in [0.2, 0.25) is 0 Å². The number of nitrogens with zero attached hydrogens (tertiary/aromatic N) is 1. The van der Waals surface area contributed by atoms with Gasteiger partial charge in [-0.1, -0.05) is 72.8 Å². The Morgan fingerprint density at radius 1 is 1.03 bits per heavy atom. The minimum absolute atomic E-state index is 0.211. The highest BCUT2D eigenvalue weighted by molar-refractivity contribution is 9.10. The predicted molar refractivity (Wildman–Crippen MR) is 134 cm³/mol. The Balaban J connectivity index is 1.78. The number of fused-ring (bicyclic) bond motifs is 1. The standard InChI is InChI=1S/C28H24BrNO4/c1-2-34-26(31)22(18-20-10-5-3-6-11-20)16-17-28(33)23-14-9-15-24(29)25(23)30(27(28)32)19-21-12-7-4-8-13-21/h3-15,17,33H,2,18-19H2,1H3. The summed E-state index contributed by atoms with van der Waals surface area (Å²) in [6.45, 7) is 2.23. The molecule has 0 saturated heterocycles. The zero-order valence-corrected chi connectivity index (χ0v) is 20.3. The normalized spacial score (nSPS) is 16.6. The van der Waals surface area contributed by atoms with Crippen LogP contribution in [0.3, 0.4) is 0 Å². The zero-order valence-electron chi connectivity index (χ0n) is 18.7. The van der Waals surface area contributed by atoms with Crippen LogP contribution in [0, 0.1) is 0 Å². The fourth-order valence-electron chi connectivity index (χ4n) is 3.97. The second-order valence-electron chi connectivity index (χ2n) is 7.93. The van der Waals surface area contributed by atoms with E-state index >= 15 is 0 Å². The van der Waals surface area contributed by atoms with Gasteiger partial charge in [0.15, 0.2) is 5.60 Å². The van der Waals surface area contributed by atoms with E-state index in [4.69, 9.17) is 4.74 Å². The Morgan fingerprint density at radius 2 is 1.68 bits per heavy atom. The molecular weight excluding hydrogens is 494 g/mol. The van der Waals surface area contributed by atoms with Crippen LogP contribution in [0.25, 0.3) is 0 Å². The van der Waals surface area contributed by atoms with Crippen molar-refractivity contribution >= 4 is 33.5 Å². The van der Waals surface area contributed by atoms with Gasteiger partial charge in [0, 0.05) is 22.5 Å². The summed E-state index contributed by atoms with van der Waals surface area (Å²) in [4.78, 5) is 27.7. The summed E-state index contributed by atoms with van der Waals surface area (Å²) >= 11 is 3.53. The molecule has 1 aliphatic heterocycles. The van der Waals surface area contributed by atoms with Gasteiger partial charge in [0.05, 0.1) is 24.4 Å². The number of carbonyl (C=O) groups is 2. The topological polar surface area (TPSA) is 66.8 Å². The highest BCUT2D eigenvalue weighted by Gasteiger charge is 2.49. The SMILES string of the molecule is CCOC(=O)C(=C=CC1(O)C(=O)N(Cc2ccccc2)c2c(Br)cccc21)Cc1ccccc1. The molecule has 1 aliphatic rings.